The van der Waals surface area contributed by atoms with E-state index < -0.39 is 6.10 Å². The second-order valence-electron chi connectivity index (χ2n) is 6.81. The van der Waals surface area contributed by atoms with Gasteiger partial charge in [0.15, 0.2) is 0 Å². The second kappa shape index (κ2) is 8.45. The normalized spacial score (nSPS) is 18.0. The Kier molecular flexibility index (Phi) is 6.59. The standard InChI is InChI=1S/C17H30N4O2/c1-13(2)15-10-16(20(3)19-15)17(23)18-11-14(22)12-21-8-6-4-5-7-9-21/h10,13-14,22H,4-9,11-12H2,1-3H3,(H,18,23)/t14-/m1/s1. The average molecular weight is 322 g/mol. The van der Waals surface area contributed by atoms with Crippen LogP contribution >= 0.6 is 0 Å². The summed E-state index contributed by atoms with van der Waals surface area (Å²) in [5.41, 5.74) is 1.44. The van der Waals surface area contributed by atoms with Gasteiger partial charge in [0.05, 0.1) is 11.8 Å². The summed E-state index contributed by atoms with van der Waals surface area (Å²) in [7, 11) is 1.77. The Balaban J connectivity index is 1.81. The van der Waals surface area contributed by atoms with E-state index in [2.05, 4.69) is 29.2 Å². The number of hydrogen-bond acceptors (Lipinski definition) is 4. The molecule has 0 spiro atoms. The van der Waals surface area contributed by atoms with Gasteiger partial charge in [-0.3, -0.25) is 9.48 Å². The van der Waals surface area contributed by atoms with Gasteiger partial charge in [0.1, 0.15) is 5.69 Å². The number of likely N-dealkylation sites (tertiary alicyclic amines) is 1. The van der Waals surface area contributed by atoms with Gasteiger partial charge in [-0.2, -0.15) is 5.10 Å². The van der Waals surface area contributed by atoms with Crippen LogP contribution in [0, 0.1) is 0 Å². The maximum Gasteiger partial charge on any atom is 0.269 e. The summed E-state index contributed by atoms with van der Waals surface area (Å²) in [6.07, 6.45) is 4.43. The molecule has 2 N–H and O–H groups in total. The molecular weight excluding hydrogens is 292 g/mol. The summed E-state index contributed by atoms with van der Waals surface area (Å²) >= 11 is 0. The third kappa shape index (κ3) is 5.32. The fourth-order valence-corrected chi connectivity index (χ4v) is 2.97. The molecule has 0 bridgehead atoms. The molecule has 0 saturated carbocycles. The van der Waals surface area contributed by atoms with Gasteiger partial charge in [-0.15, -0.1) is 0 Å². The zero-order chi connectivity index (χ0) is 16.8. The van der Waals surface area contributed by atoms with Crippen molar-refractivity contribution in [2.45, 2.75) is 51.6 Å². The van der Waals surface area contributed by atoms with Crippen LogP contribution in [-0.2, 0) is 7.05 Å². The highest BCUT2D eigenvalue weighted by atomic mass is 16.3. The number of aryl methyl sites for hydroxylation is 1. The molecule has 6 heteroatoms. The highest BCUT2D eigenvalue weighted by Crippen LogP contribution is 2.13. The van der Waals surface area contributed by atoms with E-state index in [9.17, 15) is 9.90 Å². The number of rotatable bonds is 6. The number of amides is 1. The van der Waals surface area contributed by atoms with E-state index in [0.717, 1.165) is 18.8 Å². The summed E-state index contributed by atoms with van der Waals surface area (Å²) in [6.45, 7) is 7.10. The van der Waals surface area contributed by atoms with E-state index >= 15 is 0 Å². The van der Waals surface area contributed by atoms with Crippen LogP contribution in [-0.4, -0.2) is 58.0 Å². The van der Waals surface area contributed by atoms with E-state index in [1.54, 1.807) is 11.7 Å². The van der Waals surface area contributed by atoms with Crippen LogP contribution in [0.2, 0.25) is 0 Å². The SMILES string of the molecule is CC(C)c1cc(C(=O)NC[C@@H](O)CN2CCCCCC2)n(C)n1. The molecule has 1 atom stereocenters. The summed E-state index contributed by atoms with van der Waals surface area (Å²) in [5.74, 6) is 0.109. The monoisotopic (exact) mass is 322 g/mol. The number of β-amino-alcohol motifs (C(OH)–C–C–N with tert-alkyl or cyclic N) is 1. The van der Waals surface area contributed by atoms with Crippen molar-refractivity contribution in [3.8, 4) is 0 Å². The minimum absolute atomic E-state index is 0.179. The first-order valence-corrected chi connectivity index (χ1v) is 8.70. The van der Waals surface area contributed by atoms with Gasteiger partial charge < -0.3 is 15.3 Å². The molecule has 23 heavy (non-hydrogen) atoms. The smallest absolute Gasteiger partial charge is 0.269 e. The van der Waals surface area contributed by atoms with Crippen LogP contribution in [0.1, 0.15) is 61.6 Å². The van der Waals surface area contributed by atoms with Gasteiger partial charge in [-0.1, -0.05) is 26.7 Å². The van der Waals surface area contributed by atoms with Gasteiger partial charge in [0.2, 0.25) is 0 Å². The largest absolute Gasteiger partial charge is 0.390 e. The molecule has 1 aliphatic heterocycles. The minimum atomic E-state index is -0.533. The van der Waals surface area contributed by atoms with Crippen molar-refractivity contribution < 1.29 is 9.90 Å². The van der Waals surface area contributed by atoms with E-state index in [-0.39, 0.29) is 18.4 Å². The van der Waals surface area contributed by atoms with E-state index in [4.69, 9.17) is 0 Å². The minimum Gasteiger partial charge on any atom is -0.390 e. The molecule has 1 saturated heterocycles. The zero-order valence-electron chi connectivity index (χ0n) is 14.6. The molecule has 0 aromatic carbocycles. The van der Waals surface area contributed by atoms with Gasteiger partial charge in [0.25, 0.3) is 5.91 Å². The van der Waals surface area contributed by atoms with Crippen LogP contribution in [0.3, 0.4) is 0 Å². The van der Waals surface area contributed by atoms with E-state index in [0.29, 0.717) is 12.2 Å². The number of aliphatic hydroxyl groups excluding tert-OH is 1. The molecule has 0 radical (unpaired) electrons. The van der Waals surface area contributed by atoms with Gasteiger partial charge >= 0.3 is 0 Å². The van der Waals surface area contributed by atoms with E-state index in [1.165, 1.54) is 25.7 Å². The highest BCUT2D eigenvalue weighted by Gasteiger charge is 2.17. The van der Waals surface area contributed by atoms with Crippen molar-refractivity contribution in [1.29, 1.82) is 0 Å². The number of nitrogens with one attached hydrogen (secondary N) is 1. The maximum atomic E-state index is 12.3. The number of aliphatic hydroxyl groups is 1. The lowest BCUT2D eigenvalue weighted by atomic mass is 10.1. The van der Waals surface area contributed by atoms with Crippen LogP contribution in [0.15, 0.2) is 6.07 Å². The predicted octanol–water partition coefficient (Wildman–Crippen LogP) is 1.51. The fourth-order valence-electron chi connectivity index (χ4n) is 2.97. The predicted molar refractivity (Wildman–Crippen MR) is 90.5 cm³/mol. The van der Waals surface area contributed by atoms with Crippen LogP contribution in [0.5, 0.6) is 0 Å². The van der Waals surface area contributed by atoms with Crippen LogP contribution < -0.4 is 5.32 Å². The van der Waals surface area contributed by atoms with Crippen molar-refractivity contribution in [3.63, 3.8) is 0 Å². The zero-order valence-corrected chi connectivity index (χ0v) is 14.6. The Bertz CT molecular complexity index is 505. The number of carbonyl (C=O) groups excluding carboxylic acids is 1. The molecule has 1 aromatic heterocycles. The molecule has 6 nitrogen and oxygen atoms in total. The van der Waals surface area contributed by atoms with Gasteiger partial charge in [0, 0.05) is 20.1 Å². The first kappa shape index (κ1) is 17.9. The lowest BCUT2D eigenvalue weighted by Crippen LogP contribution is -2.40. The topological polar surface area (TPSA) is 70.4 Å². The molecule has 0 aliphatic carbocycles. The van der Waals surface area contributed by atoms with Crippen LogP contribution in [0.4, 0.5) is 0 Å². The Hall–Kier alpha value is -1.40. The molecule has 1 amide bonds. The quantitative estimate of drug-likeness (QED) is 0.833. The van der Waals surface area contributed by atoms with Crippen molar-refractivity contribution in [3.05, 3.63) is 17.5 Å². The molecule has 0 unspecified atom stereocenters. The Morgan fingerprint density at radius 2 is 1.96 bits per heavy atom. The number of aromatic nitrogens is 2. The van der Waals surface area contributed by atoms with Gasteiger partial charge in [-0.25, -0.2) is 0 Å². The van der Waals surface area contributed by atoms with Crippen molar-refractivity contribution in [2.24, 2.45) is 7.05 Å². The third-order valence-electron chi connectivity index (χ3n) is 4.39. The summed E-state index contributed by atoms with van der Waals surface area (Å²) in [6, 6.07) is 1.82. The molecular formula is C17H30N4O2. The molecule has 2 rings (SSSR count). The van der Waals surface area contributed by atoms with Gasteiger partial charge in [-0.05, 0) is 37.9 Å². The first-order chi connectivity index (χ1) is 11.0. The molecule has 1 fully saturated rings. The number of nitrogens with zero attached hydrogens (tertiary/aromatic N) is 3. The summed E-state index contributed by atoms with van der Waals surface area (Å²) in [5, 5.41) is 17.3. The maximum absolute atomic E-state index is 12.3. The van der Waals surface area contributed by atoms with E-state index in [1.807, 2.05) is 6.07 Å². The number of hydrogen-bond donors (Lipinski definition) is 2. The van der Waals surface area contributed by atoms with Crippen molar-refractivity contribution in [1.82, 2.24) is 20.0 Å². The molecule has 1 aliphatic rings. The lowest BCUT2D eigenvalue weighted by Gasteiger charge is -2.23. The Morgan fingerprint density at radius 3 is 2.52 bits per heavy atom. The van der Waals surface area contributed by atoms with Crippen molar-refractivity contribution in [2.75, 3.05) is 26.2 Å². The molecule has 2 heterocycles. The first-order valence-electron chi connectivity index (χ1n) is 8.70. The fraction of sp³-hybridized carbons (Fsp3) is 0.765. The van der Waals surface area contributed by atoms with Crippen molar-refractivity contribution >= 4 is 5.91 Å². The number of carbonyl (C=O) groups is 1. The Morgan fingerprint density at radius 1 is 1.30 bits per heavy atom. The Labute approximate surface area is 138 Å². The average Bonchev–Trinajstić information content (AvgIpc) is 2.72. The highest BCUT2D eigenvalue weighted by molar-refractivity contribution is 5.92. The summed E-state index contributed by atoms with van der Waals surface area (Å²) < 4.78 is 1.60. The summed E-state index contributed by atoms with van der Waals surface area (Å²) in [4.78, 5) is 14.6. The third-order valence-corrected chi connectivity index (χ3v) is 4.39. The molecule has 130 valence electrons. The second-order valence-corrected chi connectivity index (χ2v) is 6.81. The lowest BCUT2D eigenvalue weighted by molar-refractivity contribution is 0.0854. The molecule has 1 aromatic rings. The van der Waals surface area contributed by atoms with Crippen LogP contribution in [0.25, 0.3) is 0 Å².